The summed E-state index contributed by atoms with van der Waals surface area (Å²) in [5, 5.41) is 11.1. The van der Waals surface area contributed by atoms with Crippen molar-refractivity contribution in [2.75, 3.05) is 7.11 Å². The number of aliphatic hydroxyl groups is 1. The average Bonchev–Trinajstić information content (AvgIpc) is 3.09. The van der Waals surface area contributed by atoms with Gasteiger partial charge < -0.3 is 19.2 Å². The maximum absolute atomic E-state index is 14.3. The van der Waals surface area contributed by atoms with Gasteiger partial charge in [-0.05, 0) is 36.6 Å². The van der Waals surface area contributed by atoms with E-state index in [1.165, 1.54) is 13.2 Å². The van der Waals surface area contributed by atoms with E-state index in [1.54, 1.807) is 17.6 Å². The maximum atomic E-state index is 14.3. The number of aliphatic hydroxyl groups excluding tert-OH is 1. The fourth-order valence-corrected chi connectivity index (χ4v) is 4.26. The molecule has 0 saturated heterocycles. The van der Waals surface area contributed by atoms with Crippen molar-refractivity contribution in [2.45, 2.75) is 45.9 Å². The molecule has 1 N–H and O–H groups in total. The molecular formula is C23H23FN2O4. The van der Waals surface area contributed by atoms with Crippen LogP contribution in [0.4, 0.5) is 4.39 Å². The first kappa shape index (κ1) is 20.4. The molecule has 1 atom stereocenters. The smallest absolute Gasteiger partial charge is 0.257 e. The molecule has 1 aliphatic rings. The number of benzene rings is 1. The van der Waals surface area contributed by atoms with Gasteiger partial charge in [-0.2, -0.15) is 0 Å². The number of aromatic nitrogens is 2. The normalized spacial score (nSPS) is 13.4. The lowest BCUT2D eigenvalue weighted by Gasteiger charge is -2.14. The summed E-state index contributed by atoms with van der Waals surface area (Å²) in [6, 6.07) is 4.86. The highest BCUT2D eigenvalue weighted by Crippen LogP contribution is 2.37. The lowest BCUT2D eigenvalue weighted by atomic mass is 9.95. The van der Waals surface area contributed by atoms with E-state index in [0.717, 1.165) is 29.4 Å². The van der Waals surface area contributed by atoms with Crippen molar-refractivity contribution in [3.8, 4) is 11.4 Å². The molecule has 0 aliphatic carbocycles. The fraction of sp³-hybridized carbons (Fsp3) is 0.348. The standard InChI is InChI=1S/C23H23FN2O4/c1-4-5-13-14-6-12(2)18(24)8-19(14)25-22-16(13)9-26-20(22)7-15(21(28)10-27)17(11-30-3)23(26)29/h6-8,10,21,28H,4-5,9,11H2,1-3H3. The van der Waals surface area contributed by atoms with E-state index in [-0.39, 0.29) is 29.1 Å². The van der Waals surface area contributed by atoms with Crippen LogP contribution in [0.2, 0.25) is 0 Å². The summed E-state index contributed by atoms with van der Waals surface area (Å²) in [5.74, 6) is -0.333. The quantitative estimate of drug-likeness (QED) is 0.494. The molecule has 1 unspecified atom stereocenters. The Morgan fingerprint density at radius 2 is 2.10 bits per heavy atom. The van der Waals surface area contributed by atoms with Crippen LogP contribution in [0.3, 0.4) is 0 Å². The number of ether oxygens (including phenoxy) is 1. The van der Waals surface area contributed by atoms with Gasteiger partial charge in [-0.1, -0.05) is 13.3 Å². The summed E-state index contributed by atoms with van der Waals surface area (Å²) in [5.41, 5.74) is 4.30. The molecule has 0 fully saturated rings. The third-order valence-electron chi connectivity index (χ3n) is 5.71. The second kappa shape index (κ2) is 7.74. The van der Waals surface area contributed by atoms with Crippen LogP contribution in [0.25, 0.3) is 22.3 Å². The van der Waals surface area contributed by atoms with Crippen LogP contribution in [0.1, 0.15) is 47.3 Å². The fourth-order valence-electron chi connectivity index (χ4n) is 4.26. The van der Waals surface area contributed by atoms with Gasteiger partial charge in [0.15, 0.2) is 6.29 Å². The minimum atomic E-state index is -1.44. The zero-order valence-electron chi connectivity index (χ0n) is 17.2. The van der Waals surface area contributed by atoms with Gasteiger partial charge in [0.2, 0.25) is 0 Å². The molecular weight excluding hydrogens is 387 g/mol. The van der Waals surface area contributed by atoms with Gasteiger partial charge in [0.25, 0.3) is 5.56 Å². The third kappa shape index (κ3) is 3.05. The molecule has 6 nitrogen and oxygen atoms in total. The molecule has 4 rings (SSSR count). The van der Waals surface area contributed by atoms with Gasteiger partial charge >= 0.3 is 0 Å². The minimum Gasteiger partial charge on any atom is -0.381 e. The Bertz CT molecular complexity index is 1230. The Morgan fingerprint density at radius 3 is 2.77 bits per heavy atom. The highest BCUT2D eigenvalue weighted by atomic mass is 19.1. The van der Waals surface area contributed by atoms with Gasteiger partial charge in [-0.15, -0.1) is 0 Å². The molecule has 0 radical (unpaired) electrons. The lowest BCUT2D eigenvalue weighted by molar-refractivity contribution is -0.115. The van der Waals surface area contributed by atoms with Gasteiger partial charge in [0.05, 0.1) is 30.1 Å². The molecule has 3 heterocycles. The second-order valence-corrected chi connectivity index (χ2v) is 7.65. The van der Waals surface area contributed by atoms with Gasteiger partial charge in [-0.25, -0.2) is 9.37 Å². The molecule has 2 aromatic heterocycles. The number of methoxy groups -OCH3 is 1. The summed E-state index contributed by atoms with van der Waals surface area (Å²) < 4.78 is 21.0. The van der Waals surface area contributed by atoms with Crippen molar-refractivity contribution in [1.82, 2.24) is 9.55 Å². The van der Waals surface area contributed by atoms with Crippen LogP contribution in [0, 0.1) is 12.7 Å². The predicted molar refractivity (Wildman–Crippen MR) is 111 cm³/mol. The van der Waals surface area contributed by atoms with E-state index < -0.39 is 6.10 Å². The predicted octanol–water partition coefficient (Wildman–Crippen LogP) is 3.20. The van der Waals surface area contributed by atoms with Crippen LogP contribution < -0.4 is 5.56 Å². The minimum absolute atomic E-state index is 0.0165. The molecule has 7 heteroatoms. The van der Waals surface area contributed by atoms with E-state index in [0.29, 0.717) is 35.3 Å². The number of halogens is 1. The summed E-state index contributed by atoms with van der Waals surface area (Å²) in [7, 11) is 1.45. The molecule has 0 spiro atoms. The summed E-state index contributed by atoms with van der Waals surface area (Å²) in [6.07, 6.45) is 0.602. The van der Waals surface area contributed by atoms with Crippen molar-refractivity contribution >= 4 is 17.2 Å². The molecule has 1 aliphatic heterocycles. The molecule has 30 heavy (non-hydrogen) atoms. The van der Waals surface area contributed by atoms with Gasteiger partial charge in [0.1, 0.15) is 11.9 Å². The Kier molecular flexibility index (Phi) is 5.26. The van der Waals surface area contributed by atoms with Crippen LogP contribution >= 0.6 is 0 Å². The molecule has 0 bridgehead atoms. The summed E-state index contributed by atoms with van der Waals surface area (Å²) in [6.45, 7) is 4.11. The number of hydrogen-bond acceptors (Lipinski definition) is 5. The first-order valence-electron chi connectivity index (χ1n) is 9.92. The molecule has 1 aromatic carbocycles. The summed E-state index contributed by atoms with van der Waals surface area (Å²) in [4.78, 5) is 29.1. The number of nitrogens with zero attached hydrogens (tertiary/aromatic N) is 2. The zero-order valence-corrected chi connectivity index (χ0v) is 17.2. The Balaban J connectivity index is 2.05. The van der Waals surface area contributed by atoms with E-state index in [4.69, 9.17) is 4.74 Å². The number of pyridine rings is 2. The monoisotopic (exact) mass is 410 g/mol. The lowest BCUT2D eigenvalue weighted by Crippen LogP contribution is -2.26. The Hall–Kier alpha value is -2.90. The highest BCUT2D eigenvalue weighted by Gasteiger charge is 2.29. The van der Waals surface area contributed by atoms with E-state index in [9.17, 15) is 19.1 Å². The van der Waals surface area contributed by atoms with Crippen molar-refractivity contribution in [2.24, 2.45) is 0 Å². The maximum Gasteiger partial charge on any atom is 0.257 e. The topological polar surface area (TPSA) is 81.4 Å². The Labute approximate surface area is 172 Å². The number of hydrogen-bond donors (Lipinski definition) is 1. The SMILES string of the molecule is CCCc1c2c(nc3cc(F)c(C)cc13)-c1cc(C(O)C=O)c(COC)c(=O)n1C2. The second-order valence-electron chi connectivity index (χ2n) is 7.65. The average molecular weight is 410 g/mol. The number of rotatable bonds is 6. The number of carbonyl (C=O) groups excluding carboxylic acids is 1. The highest BCUT2D eigenvalue weighted by molar-refractivity contribution is 5.88. The van der Waals surface area contributed by atoms with Crippen LogP contribution in [-0.2, 0) is 29.1 Å². The van der Waals surface area contributed by atoms with Gasteiger partial charge in [0, 0.05) is 35.3 Å². The van der Waals surface area contributed by atoms with Crippen LogP contribution in [0.15, 0.2) is 23.0 Å². The van der Waals surface area contributed by atoms with Crippen molar-refractivity contribution in [3.63, 3.8) is 0 Å². The van der Waals surface area contributed by atoms with Crippen LogP contribution in [-0.4, -0.2) is 28.1 Å². The largest absolute Gasteiger partial charge is 0.381 e. The molecule has 0 amide bonds. The third-order valence-corrected chi connectivity index (χ3v) is 5.71. The van der Waals surface area contributed by atoms with E-state index in [2.05, 4.69) is 11.9 Å². The first-order chi connectivity index (χ1) is 14.4. The van der Waals surface area contributed by atoms with E-state index in [1.807, 2.05) is 6.07 Å². The number of fused-ring (bicyclic) bond motifs is 4. The van der Waals surface area contributed by atoms with Crippen LogP contribution in [0.5, 0.6) is 0 Å². The Morgan fingerprint density at radius 1 is 1.33 bits per heavy atom. The zero-order chi connectivity index (χ0) is 21.6. The van der Waals surface area contributed by atoms with Gasteiger partial charge in [-0.3, -0.25) is 4.79 Å². The first-order valence-corrected chi connectivity index (χ1v) is 9.92. The molecule has 156 valence electrons. The summed E-state index contributed by atoms with van der Waals surface area (Å²) >= 11 is 0. The van der Waals surface area contributed by atoms with Crippen molar-refractivity contribution in [1.29, 1.82) is 0 Å². The van der Waals surface area contributed by atoms with Crippen molar-refractivity contribution in [3.05, 3.63) is 62.2 Å². The van der Waals surface area contributed by atoms with Crippen molar-refractivity contribution < 1.29 is 19.0 Å². The molecule has 3 aromatic rings. The number of carbonyl (C=O) groups is 1. The molecule has 0 saturated carbocycles. The number of aldehydes is 1. The van der Waals surface area contributed by atoms with E-state index >= 15 is 0 Å². The number of aryl methyl sites for hydroxylation is 2.